The Labute approximate surface area is 118 Å². The molecule has 0 saturated heterocycles. The Hall–Kier alpha value is -1.43. The van der Waals surface area contributed by atoms with E-state index in [1.165, 1.54) is 24.7 Å². The number of hydrogen-bond donors (Lipinski definition) is 3. The van der Waals surface area contributed by atoms with Gasteiger partial charge in [0, 0.05) is 6.54 Å². The Morgan fingerprint density at radius 2 is 2.11 bits per heavy atom. The number of aromatic carboxylic acids is 1. The summed E-state index contributed by atoms with van der Waals surface area (Å²) in [6, 6.07) is 2.97. The highest BCUT2D eigenvalue weighted by Gasteiger charge is 2.07. The van der Waals surface area contributed by atoms with Gasteiger partial charge in [0.05, 0.1) is 5.69 Å². The van der Waals surface area contributed by atoms with Gasteiger partial charge < -0.3 is 16.2 Å². The Morgan fingerprint density at radius 1 is 1.37 bits per heavy atom. The fourth-order valence-corrected chi connectivity index (χ4v) is 2.16. The molecule has 0 aliphatic carbocycles. The molecule has 0 atom stereocenters. The van der Waals surface area contributed by atoms with Crippen molar-refractivity contribution in [3.05, 3.63) is 17.8 Å². The first kappa shape index (κ1) is 15.6. The van der Waals surface area contributed by atoms with Crippen LogP contribution in [0.4, 0.5) is 11.5 Å². The third kappa shape index (κ3) is 5.83. The van der Waals surface area contributed by atoms with Crippen molar-refractivity contribution in [3.8, 4) is 0 Å². The standard InChI is InChI=1S/C13H21N3O2S/c1-19-9-5-3-2-4-8-15-12-10(14)6-7-11(16-12)13(17)18/h6-7H,2-5,8-9,14H2,1H3,(H,15,16)(H,17,18). The van der Waals surface area contributed by atoms with Crippen LogP contribution in [0, 0.1) is 0 Å². The van der Waals surface area contributed by atoms with Gasteiger partial charge in [-0.25, -0.2) is 9.78 Å². The predicted molar refractivity (Wildman–Crippen MR) is 80.9 cm³/mol. The fourth-order valence-electron chi connectivity index (χ4n) is 1.66. The first-order valence-corrected chi connectivity index (χ1v) is 7.77. The molecule has 19 heavy (non-hydrogen) atoms. The fraction of sp³-hybridized carbons (Fsp3) is 0.538. The number of nitrogen functional groups attached to an aromatic ring is 1. The van der Waals surface area contributed by atoms with Gasteiger partial charge in [0.2, 0.25) is 0 Å². The van der Waals surface area contributed by atoms with Gasteiger partial charge in [-0.2, -0.15) is 11.8 Å². The minimum absolute atomic E-state index is 0.0108. The smallest absolute Gasteiger partial charge is 0.354 e. The highest BCUT2D eigenvalue weighted by Crippen LogP contribution is 2.16. The van der Waals surface area contributed by atoms with Crippen LogP contribution < -0.4 is 11.1 Å². The average Bonchev–Trinajstić information content (AvgIpc) is 2.39. The molecule has 0 radical (unpaired) electrons. The average molecular weight is 283 g/mol. The van der Waals surface area contributed by atoms with Gasteiger partial charge in [-0.05, 0) is 37.0 Å². The summed E-state index contributed by atoms with van der Waals surface area (Å²) in [5.41, 5.74) is 6.24. The quantitative estimate of drug-likeness (QED) is 0.604. The highest BCUT2D eigenvalue weighted by atomic mass is 32.2. The molecule has 0 spiro atoms. The summed E-state index contributed by atoms with van der Waals surface area (Å²) >= 11 is 1.87. The number of carbonyl (C=O) groups is 1. The van der Waals surface area contributed by atoms with Crippen molar-refractivity contribution in [2.45, 2.75) is 25.7 Å². The number of carboxylic acid groups (broad SMARTS) is 1. The molecule has 1 heterocycles. The number of hydrogen-bond acceptors (Lipinski definition) is 5. The SMILES string of the molecule is CSCCCCCCNc1nc(C(=O)O)ccc1N. The van der Waals surface area contributed by atoms with Crippen LogP contribution in [0.25, 0.3) is 0 Å². The molecular formula is C13H21N3O2S. The molecule has 6 heteroatoms. The van der Waals surface area contributed by atoms with Crippen LogP contribution in [0.1, 0.15) is 36.2 Å². The van der Waals surface area contributed by atoms with Gasteiger partial charge in [-0.1, -0.05) is 12.8 Å². The monoisotopic (exact) mass is 283 g/mol. The number of nitrogens with zero attached hydrogens (tertiary/aromatic N) is 1. The first-order chi connectivity index (χ1) is 9.15. The third-order valence-electron chi connectivity index (χ3n) is 2.71. The maximum Gasteiger partial charge on any atom is 0.354 e. The number of anilines is 2. The van der Waals surface area contributed by atoms with Crippen LogP contribution >= 0.6 is 11.8 Å². The van der Waals surface area contributed by atoms with E-state index in [-0.39, 0.29) is 5.69 Å². The molecule has 106 valence electrons. The van der Waals surface area contributed by atoms with Crippen molar-refractivity contribution >= 4 is 29.2 Å². The first-order valence-electron chi connectivity index (χ1n) is 6.37. The van der Waals surface area contributed by atoms with E-state index in [2.05, 4.69) is 16.6 Å². The Morgan fingerprint density at radius 3 is 2.79 bits per heavy atom. The number of nitrogens with one attached hydrogen (secondary N) is 1. The lowest BCUT2D eigenvalue weighted by atomic mass is 10.2. The van der Waals surface area contributed by atoms with Crippen molar-refractivity contribution in [3.63, 3.8) is 0 Å². The van der Waals surface area contributed by atoms with Crippen molar-refractivity contribution in [2.75, 3.05) is 29.6 Å². The van der Waals surface area contributed by atoms with Gasteiger partial charge in [-0.15, -0.1) is 0 Å². The van der Waals surface area contributed by atoms with E-state index < -0.39 is 5.97 Å². The molecule has 4 N–H and O–H groups in total. The lowest BCUT2D eigenvalue weighted by Gasteiger charge is -2.08. The van der Waals surface area contributed by atoms with Crippen LogP contribution in [0.5, 0.6) is 0 Å². The molecule has 1 aromatic rings. The molecule has 0 unspecified atom stereocenters. The molecule has 1 aromatic heterocycles. The number of pyridine rings is 1. The molecule has 0 aromatic carbocycles. The molecule has 0 saturated carbocycles. The lowest BCUT2D eigenvalue weighted by Crippen LogP contribution is -2.09. The maximum atomic E-state index is 10.8. The van der Waals surface area contributed by atoms with E-state index in [1.807, 2.05) is 11.8 Å². The van der Waals surface area contributed by atoms with Crippen molar-refractivity contribution < 1.29 is 9.90 Å². The number of nitrogens with two attached hydrogens (primary N) is 1. The second-order valence-corrected chi connectivity index (χ2v) is 5.26. The van der Waals surface area contributed by atoms with Crippen LogP contribution in [0.15, 0.2) is 12.1 Å². The molecular weight excluding hydrogens is 262 g/mol. The molecule has 5 nitrogen and oxygen atoms in total. The topological polar surface area (TPSA) is 88.2 Å². The summed E-state index contributed by atoms with van der Waals surface area (Å²) in [5.74, 6) is 0.631. The highest BCUT2D eigenvalue weighted by molar-refractivity contribution is 7.98. The number of rotatable bonds is 9. The molecule has 0 aliphatic rings. The second kappa shape index (κ2) is 8.63. The van der Waals surface area contributed by atoms with Gasteiger partial charge in [0.15, 0.2) is 5.69 Å². The molecule has 1 rings (SSSR count). The summed E-state index contributed by atoms with van der Waals surface area (Å²) in [6.45, 7) is 0.763. The molecule has 0 amide bonds. The zero-order valence-corrected chi connectivity index (χ0v) is 12.0. The maximum absolute atomic E-state index is 10.8. The largest absolute Gasteiger partial charge is 0.477 e. The summed E-state index contributed by atoms with van der Waals surface area (Å²) in [4.78, 5) is 14.8. The Balaban J connectivity index is 2.32. The van der Waals surface area contributed by atoms with Gasteiger partial charge >= 0.3 is 5.97 Å². The zero-order chi connectivity index (χ0) is 14.1. The summed E-state index contributed by atoms with van der Waals surface area (Å²) in [7, 11) is 0. The van der Waals surface area contributed by atoms with Crippen molar-refractivity contribution in [2.24, 2.45) is 0 Å². The van der Waals surface area contributed by atoms with E-state index in [0.29, 0.717) is 11.5 Å². The van der Waals surface area contributed by atoms with Gasteiger partial charge in [-0.3, -0.25) is 0 Å². The van der Waals surface area contributed by atoms with Crippen LogP contribution in [0.2, 0.25) is 0 Å². The van der Waals surface area contributed by atoms with E-state index in [9.17, 15) is 4.79 Å². The Bertz CT molecular complexity index is 413. The van der Waals surface area contributed by atoms with Gasteiger partial charge in [0.25, 0.3) is 0 Å². The van der Waals surface area contributed by atoms with E-state index in [0.717, 1.165) is 19.4 Å². The number of thioether (sulfide) groups is 1. The van der Waals surface area contributed by atoms with E-state index >= 15 is 0 Å². The second-order valence-electron chi connectivity index (χ2n) is 4.27. The van der Waals surface area contributed by atoms with Crippen molar-refractivity contribution in [1.29, 1.82) is 0 Å². The van der Waals surface area contributed by atoms with E-state index in [4.69, 9.17) is 10.8 Å². The normalized spacial score (nSPS) is 10.4. The molecule has 0 bridgehead atoms. The minimum atomic E-state index is -1.04. The summed E-state index contributed by atoms with van der Waals surface area (Å²) < 4.78 is 0. The van der Waals surface area contributed by atoms with Crippen LogP contribution in [-0.4, -0.2) is 34.6 Å². The molecule has 0 aliphatic heterocycles. The summed E-state index contributed by atoms with van der Waals surface area (Å²) in [6.07, 6.45) is 6.78. The summed E-state index contributed by atoms with van der Waals surface area (Å²) in [5, 5.41) is 12.0. The van der Waals surface area contributed by atoms with Gasteiger partial charge in [0.1, 0.15) is 5.82 Å². The van der Waals surface area contributed by atoms with Crippen LogP contribution in [-0.2, 0) is 0 Å². The number of aromatic nitrogens is 1. The minimum Gasteiger partial charge on any atom is -0.477 e. The number of carboxylic acids is 1. The third-order valence-corrected chi connectivity index (χ3v) is 3.41. The zero-order valence-electron chi connectivity index (χ0n) is 11.2. The van der Waals surface area contributed by atoms with E-state index in [1.54, 1.807) is 6.07 Å². The number of unbranched alkanes of at least 4 members (excludes halogenated alkanes) is 3. The molecule has 0 fully saturated rings. The Kier molecular flexibility index (Phi) is 7.10. The van der Waals surface area contributed by atoms with Crippen LogP contribution in [0.3, 0.4) is 0 Å². The predicted octanol–water partition coefficient (Wildman–Crippen LogP) is 2.70. The lowest BCUT2D eigenvalue weighted by molar-refractivity contribution is 0.0690. The van der Waals surface area contributed by atoms with Crippen molar-refractivity contribution in [1.82, 2.24) is 4.98 Å².